The lowest BCUT2D eigenvalue weighted by Crippen LogP contribution is -2.01. The molecule has 0 spiro atoms. The molecule has 14 heavy (non-hydrogen) atoms. The summed E-state index contributed by atoms with van der Waals surface area (Å²) in [6, 6.07) is 0. The molecule has 1 N–H and O–H groups in total. The molecule has 0 radical (unpaired) electrons. The minimum absolute atomic E-state index is 0.858. The number of rotatable bonds is 0. The minimum atomic E-state index is 0.858. The Bertz CT molecular complexity index is 186. The number of allylic oxidation sites excluding steroid dienone is 2. The molecular formula is C12H19NO. The van der Waals surface area contributed by atoms with E-state index in [4.69, 9.17) is 4.74 Å². The van der Waals surface area contributed by atoms with Gasteiger partial charge < -0.3 is 10.1 Å². The van der Waals surface area contributed by atoms with E-state index in [-0.39, 0.29) is 0 Å². The van der Waals surface area contributed by atoms with Gasteiger partial charge in [0.1, 0.15) is 6.26 Å². The smallest absolute Gasteiger partial charge is 0.106 e. The highest BCUT2D eigenvalue weighted by molar-refractivity contribution is 4.86. The van der Waals surface area contributed by atoms with Crippen molar-refractivity contribution in [1.82, 2.24) is 5.32 Å². The fraction of sp³-hybridized carbons (Fsp3) is 0.500. The van der Waals surface area contributed by atoms with Crippen LogP contribution in [-0.2, 0) is 4.74 Å². The Morgan fingerprint density at radius 2 is 1.64 bits per heavy atom. The molecular weight excluding hydrogens is 174 g/mol. The monoisotopic (exact) mass is 193 g/mol. The molecule has 0 amide bonds. The molecule has 2 heteroatoms. The Balaban J connectivity index is 0.000000140. The van der Waals surface area contributed by atoms with E-state index in [2.05, 4.69) is 17.5 Å². The first-order valence-corrected chi connectivity index (χ1v) is 5.34. The highest BCUT2D eigenvalue weighted by Crippen LogP contribution is 2.08. The standard InChI is InChI=1S/C7H12.C5H7NO/c1-2-4-6-7-5-3-1;1-2-6-3-5-7-4-1/h1-2H,3-7H2;1,3-6H,2H2. The summed E-state index contributed by atoms with van der Waals surface area (Å²) >= 11 is 0. The third-order valence-corrected chi connectivity index (χ3v) is 2.08. The van der Waals surface area contributed by atoms with Gasteiger partial charge in [0.25, 0.3) is 0 Å². The van der Waals surface area contributed by atoms with Crippen LogP contribution >= 0.6 is 0 Å². The molecule has 1 aliphatic heterocycles. The molecule has 0 saturated carbocycles. The molecule has 78 valence electrons. The summed E-state index contributed by atoms with van der Waals surface area (Å²) in [6.45, 7) is 0.858. The van der Waals surface area contributed by atoms with Gasteiger partial charge in [-0.25, -0.2) is 0 Å². The van der Waals surface area contributed by atoms with E-state index in [1.807, 2.05) is 6.08 Å². The summed E-state index contributed by atoms with van der Waals surface area (Å²) in [5.74, 6) is 0. The quantitative estimate of drug-likeness (QED) is 0.597. The zero-order chi connectivity index (χ0) is 9.90. The third-order valence-electron chi connectivity index (χ3n) is 2.08. The van der Waals surface area contributed by atoms with E-state index in [0.717, 1.165) is 6.54 Å². The van der Waals surface area contributed by atoms with Gasteiger partial charge in [-0.2, -0.15) is 0 Å². The average molecular weight is 193 g/mol. The second-order valence-electron chi connectivity index (χ2n) is 3.33. The predicted octanol–water partition coefficient (Wildman–Crippen LogP) is 3.10. The van der Waals surface area contributed by atoms with Crippen LogP contribution in [0.1, 0.15) is 32.1 Å². The maximum Gasteiger partial charge on any atom is 0.106 e. The molecule has 0 fully saturated rings. The van der Waals surface area contributed by atoms with Crippen molar-refractivity contribution in [1.29, 1.82) is 0 Å². The second kappa shape index (κ2) is 8.42. The fourth-order valence-electron chi connectivity index (χ4n) is 1.31. The van der Waals surface area contributed by atoms with Gasteiger partial charge in [0, 0.05) is 12.7 Å². The lowest BCUT2D eigenvalue weighted by atomic mass is 10.2. The number of hydrogen-bond acceptors (Lipinski definition) is 2. The molecule has 2 aliphatic rings. The maximum atomic E-state index is 4.77. The Hall–Kier alpha value is -1.18. The van der Waals surface area contributed by atoms with Crippen LogP contribution < -0.4 is 5.32 Å². The number of nitrogens with one attached hydrogen (secondary N) is 1. The van der Waals surface area contributed by atoms with Crippen molar-refractivity contribution in [2.45, 2.75) is 32.1 Å². The van der Waals surface area contributed by atoms with Crippen molar-refractivity contribution in [3.05, 3.63) is 37.0 Å². The van der Waals surface area contributed by atoms with Gasteiger partial charge in [0.05, 0.1) is 6.26 Å². The molecule has 1 heterocycles. The minimum Gasteiger partial charge on any atom is -0.471 e. The molecule has 0 atom stereocenters. The van der Waals surface area contributed by atoms with Crippen LogP contribution in [0.4, 0.5) is 0 Å². The molecule has 1 aliphatic carbocycles. The van der Waals surface area contributed by atoms with Gasteiger partial charge in [-0.15, -0.1) is 0 Å². The maximum absolute atomic E-state index is 4.77. The Morgan fingerprint density at radius 1 is 0.857 bits per heavy atom. The van der Waals surface area contributed by atoms with Gasteiger partial charge in [-0.1, -0.05) is 18.6 Å². The second-order valence-corrected chi connectivity index (χ2v) is 3.33. The van der Waals surface area contributed by atoms with Crippen molar-refractivity contribution in [3.8, 4) is 0 Å². The van der Waals surface area contributed by atoms with Crippen LogP contribution in [-0.4, -0.2) is 6.54 Å². The van der Waals surface area contributed by atoms with E-state index in [9.17, 15) is 0 Å². The summed E-state index contributed by atoms with van der Waals surface area (Å²) < 4.78 is 4.77. The molecule has 0 unspecified atom stereocenters. The van der Waals surface area contributed by atoms with Gasteiger partial charge in [-0.05, 0) is 31.8 Å². The molecule has 0 bridgehead atoms. The van der Waals surface area contributed by atoms with Crippen LogP contribution in [0.5, 0.6) is 0 Å². The average Bonchev–Trinajstić information content (AvgIpc) is 2.68. The summed E-state index contributed by atoms with van der Waals surface area (Å²) in [7, 11) is 0. The van der Waals surface area contributed by atoms with Gasteiger partial charge in [-0.3, -0.25) is 0 Å². The summed E-state index contributed by atoms with van der Waals surface area (Å²) in [6.07, 6.45) is 18.4. The fourth-order valence-corrected chi connectivity index (χ4v) is 1.31. The molecule has 0 aromatic carbocycles. The van der Waals surface area contributed by atoms with Crippen molar-refractivity contribution in [2.75, 3.05) is 6.54 Å². The Kier molecular flexibility index (Phi) is 6.55. The molecule has 0 saturated heterocycles. The zero-order valence-corrected chi connectivity index (χ0v) is 8.61. The van der Waals surface area contributed by atoms with Crippen LogP contribution in [0.2, 0.25) is 0 Å². The SMILES string of the molecule is C1=CCCCCC1.C1=COC=CNC1. The van der Waals surface area contributed by atoms with Gasteiger partial charge >= 0.3 is 0 Å². The molecule has 0 aromatic heterocycles. The van der Waals surface area contributed by atoms with Crippen LogP contribution in [0.25, 0.3) is 0 Å². The van der Waals surface area contributed by atoms with Crippen molar-refractivity contribution in [2.24, 2.45) is 0 Å². The molecule has 2 nitrogen and oxygen atoms in total. The van der Waals surface area contributed by atoms with Crippen molar-refractivity contribution in [3.63, 3.8) is 0 Å². The first kappa shape index (κ1) is 10.9. The zero-order valence-electron chi connectivity index (χ0n) is 8.61. The van der Waals surface area contributed by atoms with E-state index in [1.165, 1.54) is 32.1 Å². The summed E-state index contributed by atoms with van der Waals surface area (Å²) in [5, 5.41) is 2.95. The largest absolute Gasteiger partial charge is 0.471 e. The molecule has 0 aromatic rings. The highest BCUT2D eigenvalue weighted by Gasteiger charge is 1.88. The lowest BCUT2D eigenvalue weighted by molar-refractivity contribution is 0.403. The Labute approximate surface area is 86.3 Å². The summed E-state index contributed by atoms with van der Waals surface area (Å²) in [5.41, 5.74) is 0. The summed E-state index contributed by atoms with van der Waals surface area (Å²) in [4.78, 5) is 0. The van der Waals surface area contributed by atoms with Crippen molar-refractivity contribution >= 4 is 0 Å². The van der Waals surface area contributed by atoms with E-state index >= 15 is 0 Å². The Morgan fingerprint density at radius 3 is 2.43 bits per heavy atom. The van der Waals surface area contributed by atoms with Crippen molar-refractivity contribution < 1.29 is 4.74 Å². The topological polar surface area (TPSA) is 21.3 Å². The van der Waals surface area contributed by atoms with E-state index in [0.29, 0.717) is 0 Å². The van der Waals surface area contributed by atoms with Gasteiger partial charge in [0.2, 0.25) is 0 Å². The predicted molar refractivity (Wildman–Crippen MR) is 59.6 cm³/mol. The first-order valence-electron chi connectivity index (χ1n) is 5.34. The number of ether oxygens (including phenoxy) is 1. The highest BCUT2D eigenvalue weighted by atomic mass is 16.5. The molecule has 2 rings (SSSR count). The van der Waals surface area contributed by atoms with Crippen LogP contribution in [0.3, 0.4) is 0 Å². The van der Waals surface area contributed by atoms with Gasteiger partial charge in [0.15, 0.2) is 0 Å². The van der Waals surface area contributed by atoms with Crippen LogP contribution in [0, 0.1) is 0 Å². The van der Waals surface area contributed by atoms with Crippen LogP contribution in [0.15, 0.2) is 37.0 Å². The van der Waals surface area contributed by atoms with E-state index < -0.39 is 0 Å². The number of hydrogen-bond donors (Lipinski definition) is 1. The van der Waals surface area contributed by atoms with E-state index in [1.54, 1.807) is 18.7 Å². The third kappa shape index (κ3) is 6.35. The lowest BCUT2D eigenvalue weighted by Gasteiger charge is -1.86. The first-order chi connectivity index (χ1) is 7.00. The normalized spacial score (nSPS) is 19.4.